The Morgan fingerprint density at radius 1 is 1.38 bits per heavy atom. The molecule has 1 atom stereocenters. The van der Waals surface area contributed by atoms with Gasteiger partial charge in [0.25, 0.3) is 11.5 Å². The number of nitrogens with one attached hydrogen (secondary N) is 2. The van der Waals surface area contributed by atoms with Crippen molar-refractivity contribution in [1.29, 1.82) is 0 Å². The van der Waals surface area contributed by atoms with Crippen LogP contribution in [0.1, 0.15) is 30.1 Å². The van der Waals surface area contributed by atoms with Gasteiger partial charge in [0.2, 0.25) is 5.91 Å². The summed E-state index contributed by atoms with van der Waals surface area (Å²) < 4.78 is 5.22. The molecule has 3 rings (SSSR count). The molecule has 1 aliphatic heterocycles. The fraction of sp³-hybridized carbons (Fsp3) is 0.353. The summed E-state index contributed by atoms with van der Waals surface area (Å²) in [7, 11) is 0. The molecular weight excluding hydrogens is 310 g/mol. The van der Waals surface area contributed by atoms with E-state index < -0.39 is 11.5 Å². The zero-order valence-corrected chi connectivity index (χ0v) is 13.4. The van der Waals surface area contributed by atoms with E-state index in [0.717, 1.165) is 13.0 Å². The smallest absolute Gasteiger partial charge is 0.261 e. The van der Waals surface area contributed by atoms with Crippen LogP contribution < -0.4 is 10.9 Å². The molecule has 1 saturated heterocycles. The summed E-state index contributed by atoms with van der Waals surface area (Å²) in [6.07, 6.45) is 2.93. The van der Waals surface area contributed by atoms with Gasteiger partial charge >= 0.3 is 0 Å². The first-order valence-electron chi connectivity index (χ1n) is 7.90. The molecule has 0 aromatic carbocycles. The Morgan fingerprint density at radius 2 is 2.21 bits per heavy atom. The molecular formula is C17H19N3O4. The molecule has 1 fully saturated rings. The van der Waals surface area contributed by atoms with E-state index in [9.17, 15) is 14.4 Å². The zero-order valence-electron chi connectivity index (χ0n) is 13.4. The fourth-order valence-corrected chi connectivity index (χ4v) is 2.80. The molecule has 0 bridgehead atoms. The lowest BCUT2D eigenvalue weighted by Crippen LogP contribution is -2.43. The van der Waals surface area contributed by atoms with Gasteiger partial charge in [-0.05, 0) is 37.6 Å². The molecule has 3 heterocycles. The lowest BCUT2D eigenvalue weighted by molar-refractivity contribution is -0.127. The Bertz CT molecular complexity index is 794. The van der Waals surface area contributed by atoms with Crippen molar-refractivity contribution in [2.45, 2.75) is 25.8 Å². The molecule has 2 aromatic rings. The first kappa shape index (κ1) is 16.0. The van der Waals surface area contributed by atoms with Crippen molar-refractivity contribution in [2.75, 3.05) is 13.1 Å². The van der Waals surface area contributed by atoms with Crippen LogP contribution in [0.3, 0.4) is 0 Å². The maximum Gasteiger partial charge on any atom is 0.261 e. The van der Waals surface area contributed by atoms with Crippen LogP contribution in [0.4, 0.5) is 0 Å². The predicted octanol–water partition coefficient (Wildman–Crippen LogP) is 1.38. The molecule has 0 spiro atoms. The van der Waals surface area contributed by atoms with E-state index in [1.54, 1.807) is 23.1 Å². The third-order valence-electron chi connectivity index (χ3n) is 3.98. The minimum Gasteiger partial charge on any atom is -0.463 e. The number of likely N-dealkylation sites (tertiary alicyclic amines) is 1. The summed E-state index contributed by atoms with van der Waals surface area (Å²) in [5.74, 6) is 0.179. The van der Waals surface area contributed by atoms with Gasteiger partial charge in [-0.15, -0.1) is 0 Å². The Morgan fingerprint density at radius 3 is 2.83 bits per heavy atom. The van der Waals surface area contributed by atoms with Crippen LogP contribution in [0, 0.1) is 0 Å². The summed E-state index contributed by atoms with van der Waals surface area (Å²) in [4.78, 5) is 40.4. The van der Waals surface area contributed by atoms with E-state index in [4.69, 9.17) is 4.42 Å². The molecule has 1 unspecified atom stereocenters. The van der Waals surface area contributed by atoms with Crippen molar-refractivity contribution < 1.29 is 14.0 Å². The number of aromatic nitrogens is 1. The number of aromatic amines is 1. The Balaban J connectivity index is 1.66. The van der Waals surface area contributed by atoms with Gasteiger partial charge in [0.05, 0.1) is 12.0 Å². The molecule has 0 saturated carbocycles. The maximum absolute atomic E-state index is 12.3. The highest BCUT2D eigenvalue weighted by Gasteiger charge is 2.23. The van der Waals surface area contributed by atoms with E-state index in [-0.39, 0.29) is 17.5 Å². The van der Waals surface area contributed by atoms with Gasteiger partial charge in [-0.1, -0.05) is 0 Å². The summed E-state index contributed by atoms with van der Waals surface area (Å²) in [6.45, 7) is 2.99. The normalized spacial score (nSPS) is 15.5. The molecule has 2 aromatic heterocycles. The monoisotopic (exact) mass is 329 g/mol. The van der Waals surface area contributed by atoms with Crippen molar-refractivity contribution in [3.63, 3.8) is 0 Å². The summed E-state index contributed by atoms with van der Waals surface area (Å²) in [6, 6.07) is 6.31. The minimum atomic E-state index is -0.481. The number of furan rings is 1. The quantitative estimate of drug-likeness (QED) is 0.866. The number of nitrogens with zero attached hydrogens (tertiary/aromatic N) is 1. The van der Waals surface area contributed by atoms with Crippen LogP contribution in [-0.4, -0.2) is 40.8 Å². The van der Waals surface area contributed by atoms with Gasteiger partial charge in [-0.2, -0.15) is 0 Å². The van der Waals surface area contributed by atoms with Crippen LogP contribution >= 0.6 is 0 Å². The maximum atomic E-state index is 12.3. The van der Waals surface area contributed by atoms with Gasteiger partial charge in [-0.3, -0.25) is 14.4 Å². The number of hydrogen-bond donors (Lipinski definition) is 2. The van der Waals surface area contributed by atoms with Gasteiger partial charge in [-0.25, -0.2) is 0 Å². The van der Waals surface area contributed by atoms with Crippen LogP contribution in [0.5, 0.6) is 0 Å². The number of carbonyl (C=O) groups is 2. The van der Waals surface area contributed by atoms with E-state index in [0.29, 0.717) is 24.4 Å². The van der Waals surface area contributed by atoms with E-state index >= 15 is 0 Å². The molecule has 1 aliphatic rings. The first-order valence-corrected chi connectivity index (χ1v) is 7.90. The second-order valence-electron chi connectivity index (χ2n) is 5.91. The Labute approximate surface area is 138 Å². The molecule has 0 aliphatic carbocycles. The highest BCUT2D eigenvalue weighted by Crippen LogP contribution is 2.15. The third kappa shape index (κ3) is 3.40. The second-order valence-corrected chi connectivity index (χ2v) is 5.91. The molecule has 7 heteroatoms. The summed E-state index contributed by atoms with van der Waals surface area (Å²) in [5, 5.41) is 2.76. The van der Waals surface area contributed by atoms with Crippen LogP contribution in [-0.2, 0) is 4.79 Å². The number of pyridine rings is 1. The standard InChI is InChI=1S/C17H19N3O4/c1-11(10-20-8-2-5-15(20)21)18-16(22)12-6-7-13(19-17(12)23)14-4-3-9-24-14/h3-4,6-7,9,11H,2,5,8,10H2,1H3,(H,18,22)(H,19,23). The van der Waals surface area contributed by atoms with Crippen molar-refractivity contribution in [3.05, 3.63) is 46.4 Å². The van der Waals surface area contributed by atoms with Crippen molar-refractivity contribution in [1.82, 2.24) is 15.2 Å². The molecule has 2 amide bonds. The lowest BCUT2D eigenvalue weighted by Gasteiger charge is -2.21. The largest absolute Gasteiger partial charge is 0.463 e. The number of carbonyl (C=O) groups excluding carboxylic acids is 2. The summed E-state index contributed by atoms with van der Waals surface area (Å²) in [5.41, 5.74) is 0.0630. The van der Waals surface area contributed by atoms with Crippen molar-refractivity contribution in [3.8, 4) is 11.5 Å². The highest BCUT2D eigenvalue weighted by molar-refractivity contribution is 5.94. The lowest BCUT2D eigenvalue weighted by atomic mass is 10.2. The van der Waals surface area contributed by atoms with Gasteiger partial charge in [0.1, 0.15) is 11.3 Å². The van der Waals surface area contributed by atoms with E-state index in [2.05, 4.69) is 10.3 Å². The second kappa shape index (κ2) is 6.74. The predicted molar refractivity (Wildman–Crippen MR) is 87.5 cm³/mol. The highest BCUT2D eigenvalue weighted by atomic mass is 16.3. The minimum absolute atomic E-state index is 0.0323. The van der Waals surface area contributed by atoms with Gasteiger partial charge in [0.15, 0.2) is 0 Å². The molecule has 24 heavy (non-hydrogen) atoms. The Hall–Kier alpha value is -2.83. The zero-order chi connectivity index (χ0) is 17.1. The van der Waals surface area contributed by atoms with Crippen molar-refractivity contribution in [2.24, 2.45) is 0 Å². The SMILES string of the molecule is CC(CN1CCCC1=O)NC(=O)c1ccc(-c2ccco2)[nH]c1=O. The van der Waals surface area contributed by atoms with E-state index in [1.165, 1.54) is 12.3 Å². The first-order chi connectivity index (χ1) is 11.5. The number of amides is 2. The topological polar surface area (TPSA) is 95.4 Å². The summed E-state index contributed by atoms with van der Waals surface area (Å²) >= 11 is 0. The molecule has 7 nitrogen and oxygen atoms in total. The molecule has 2 N–H and O–H groups in total. The van der Waals surface area contributed by atoms with Crippen LogP contribution in [0.2, 0.25) is 0 Å². The van der Waals surface area contributed by atoms with Gasteiger partial charge < -0.3 is 19.6 Å². The Kier molecular flexibility index (Phi) is 4.50. The van der Waals surface area contributed by atoms with Gasteiger partial charge in [0, 0.05) is 25.6 Å². The average molecular weight is 329 g/mol. The third-order valence-corrected chi connectivity index (χ3v) is 3.98. The fourth-order valence-electron chi connectivity index (χ4n) is 2.80. The molecule has 126 valence electrons. The average Bonchev–Trinajstić information content (AvgIpc) is 3.19. The number of rotatable bonds is 5. The van der Waals surface area contributed by atoms with E-state index in [1.807, 2.05) is 6.92 Å². The molecule has 0 radical (unpaired) electrons. The van der Waals surface area contributed by atoms with Crippen molar-refractivity contribution >= 4 is 11.8 Å². The van der Waals surface area contributed by atoms with Crippen LogP contribution in [0.15, 0.2) is 39.7 Å². The number of hydrogen-bond acceptors (Lipinski definition) is 4. The number of H-pyrrole nitrogens is 1. The van der Waals surface area contributed by atoms with Crippen LogP contribution in [0.25, 0.3) is 11.5 Å².